The lowest BCUT2D eigenvalue weighted by Crippen LogP contribution is -2.23. The summed E-state index contributed by atoms with van der Waals surface area (Å²) in [5, 5.41) is 4.69. The molecule has 0 heterocycles. The maximum Gasteiger partial charge on any atom is 0.0640 e. The minimum atomic E-state index is 0.274. The molecule has 1 atom stereocenters. The maximum absolute atomic E-state index is 6.18. The van der Waals surface area contributed by atoms with Crippen molar-refractivity contribution >= 4 is 35.0 Å². The Labute approximate surface area is 106 Å². The minimum Gasteiger partial charge on any atom is -0.309 e. The van der Waals surface area contributed by atoms with Crippen molar-refractivity contribution in [3.8, 4) is 0 Å². The molecule has 0 saturated carbocycles. The van der Waals surface area contributed by atoms with Gasteiger partial charge in [0.1, 0.15) is 0 Å². The van der Waals surface area contributed by atoms with E-state index in [1.165, 1.54) is 0 Å². The van der Waals surface area contributed by atoms with Crippen LogP contribution in [0.2, 0.25) is 10.0 Å². The summed E-state index contributed by atoms with van der Waals surface area (Å²) in [5.74, 6) is 0.994. The molecule has 0 radical (unpaired) electrons. The number of nitrogens with one attached hydrogen (secondary N) is 1. The van der Waals surface area contributed by atoms with Gasteiger partial charge in [0.25, 0.3) is 0 Å². The van der Waals surface area contributed by atoms with Gasteiger partial charge in [-0.05, 0) is 24.4 Å². The largest absolute Gasteiger partial charge is 0.309 e. The fraction of sp³-hybridized carbons (Fsp3) is 0.455. The summed E-state index contributed by atoms with van der Waals surface area (Å²) in [7, 11) is 0. The molecule has 0 spiro atoms. The highest BCUT2D eigenvalue weighted by Gasteiger charge is 2.14. The standard InChI is InChI=1S/C11H15Cl2NS/c1-3-14-10(7-15-2)8-5-4-6-9(12)11(8)13/h4-6,10,14H,3,7H2,1-2H3. The molecule has 1 nitrogen and oxygen atoms in total. The van der Waals surface area contributed by atoms with Gasteiger partial charge < -0.3 is 5.32 Å². The minimum absolute atomic E-state index is 0.274. The topological polar surface area (TPSA) is 12.0 Å². The molecule has 0 saturated heterocycles. The van der Waals surface area contributed by atoms with Crippen LogP contribution < -0.4 is 5.32 Å². The van der Waals surface area contributed by atoms with Gasteiger partial charge in [0.15, 0.2) is 0 Å². The second kappa shape index (κ2) is 6.64. The first kappa shape index (κ1) is 13.2. The first-order chi connectivity index (χ1) is 7.20. The Hall–Kier alpha value is 0.110. The van der Waals surface area contributed by atoms with Crippen LogP contribution in [0.3, 0.4) is 0 Å². The average molecular weight is 264 g/mol. The molecule has 0 aliphatic carbocycles. The molecule has 0 fully saturated rings. The van der Waals surface area contributed by atoms with Gasteiger partial charge >= 0.3 is 0 Å². The molecule has 0 bridgehead atoms. The molecule has 1 aromatic rings. The molecule has 0 amide bonds. The van der Waals surface area contributed by atoms with Crippen molar-refractivity contribution in [2.75, 3.05) is 18.6 Å². The third kappa shape index (κ3) is 3.56. The van der Waals surface area contributed by atoms with Crippen molar-refractivity contribution in [2.24, 2.45) is 0 Å². The predicted octanol–water partition coefficient (Wildman–Crippen LogP) is 4.01. The Morgan fingerprint density at radius 2 is 2.13 bits per heavy atom. The first-order valence-electron chi connectivity index (χ1n) is 4.87. The van der Waals surface area contributed by atoms with Crippen LogP contribution >= 0.6 is 35.0 Å². The smallest absolute Gasteiger partial charge is 0.0640 e. The molecular weight excluding hydrogens is 249 g/mol. The molecular formula is C11H15Cl2NS. The van der Waals surface area contributed by atoms with E-state index in [4.69, 9.17) is 23.2 Å². The maximum atomic E-state index is 6.18. The molecule has 1 rings (SSSR count). The molecule has 84 valence electrons. The van der Waals surface area contributed by atoms with Crippen LogP contribution in [0, 0.1) is 0 Å². The Balaban J connectivity index is 2.94. The van der Waals surface area contributed by atoms with Crippen LogP contribution in [-0.2, 0) is 0 Å². The van der Waals surface area contributed by atoms with Crippen molar-refractivity contribution < 1.29 is 0 Å². The van der Waals surface area contributed by atoms with Crippen molar-refractivity contribution in [1.82, 2.24) is 5.32 Å². The van der Waals surface area contributed by atoms with E-state index < -0.39 is 0 Å². The van der Waals surface area contributed by atoms with Crippen molar-refractivity contribution in [3.05, 3.63) is 33.8 Å². The van der Waals surface area contributed by atoms with E-state index in [0.717, 1.165) is 17.9 Å². The molecule has 1 N–H and O–H groups in total. The van der Waals surface area contributed by atoms with E-state index in [2.05, 4.69) is 18.5 Å². The van der Waals surface area contributed by atoms with Crippen LogP contribution in [0.25, 0.3) is 0 Å². The lowest BCUT2D eigenvalue weighted by molar-refractivity contribution is 0.606. The summed E-state index contributed by atoms with van der Waals surface area (Å²) < 4.78 is 0. The van der Waals surface area contributed by atoms with E-state index in [-0.39, 0.29) is 6.04 Å². The number of benzene rings is 1. The average Bonchev–Trinajstić information content (AvgIpc) is 2.22. The number of halogens is 2. The summed E-state index contributed by atoms with van der Waals surface area (Å²) in [6, 6.07) is 6.05. The van der Waals surface area contributed by atoms with Gasteiger partial charge in [-0.2, -0.15) is 11.8 Å². The summed E-state index contributed by atoms with van der Waals surface area (Å²) >= 11 is 14.0. The van der Waals surface area contributed by atoms with E-state index >= 15 is 0 Å². The Kier molecular flexibility index (Phi) is 5.83. The number of hydrogen-bond acceptors (Lipinski definition) is 2. The van der Waals surface area contributed by atoms with Gasteiger partial charge in [0.05, 0.1) is 10.0 Å². The summed E-state index contributed by atoms with van der Waals surface area (Å²) in [6.07, 6.45) is 2.09. The van der Waals surface area contributed by atoms with Crippen LogP contribution in [-0.4, -0.2) is 18.6 Å². The Morgan fingerprint density at radius 3 is 2.73 bits per heavy atom. The van der Waals surface area contributed by atoms with Crippen LogP contribution in [0.15, 0.2) is 18.2 Å². The number of rotatable bonds is 5. The molecule has 0 aromatic heterocycles. The summed E-state index contributed by atoms with van der Waals surface area (Å²) in [6.45, 7) is 3.01. The van der Waals surface area contributed by atoms with Gasteiger partial charge in [-0.3, -0.25) is 0 Å². The van der Waals surface area contributed by atoms with Crippen LogP contribution in [0.4, 0.5) is 0 Å². The second-order valence-corrected chi connectivity index (χ2v) is 4.90. The van der Waals surface area contributed by atoms with Gasteiger partial charge in [-0.15, -0.1) is 0 Å². The predicted molar refractivity (Wildman–Crippen MR) is 71.3 cm³/mol. The molecule has 1 unspecified atom stereocenters. The van der Waals surface area contributed by atoms with Crippen molar-refractivity contribution in [3.63, 3.8) is 0 Å². The molecule has 1 aromatic carbocycles. The third-order valence-corrected chi connectivity index (χ3v) is 3.64. The normalized spacial score (nSPS) is 12.8. The zero-order valence-corrected chi connectivity index (χ0v) is 11.2. The highest BCUT2D eigenvalue weighted by Crippen LogP contribution is 2.30. The summed E-state index contributed by atoms with van der Waals surface area (Å²) in [4.78, 5) is 0. The number of hydrogen-bond donors (Lipinski definition) is 1. The van der Waals surface area contributed by atoms with E-state index in [0.29, 0.717) is 10.0 Å². The first-order valence-corrected chi connectivity index (χ1v) is 7.01. The zero-order chi connectivity index (χ0) is 11.3. The fourth-order valence-corrected chi connectivity index (χ4v) is 2.53. The van der Waals surface area contributed by atoms with Crippen molar-refractivity contribution in [2.45, 2.75) is 13.0 Å². The SMILES string of the molecule is CCNC(CSC)c1cccc(Cl)c1Cl. The van der Waals surface area contributed by atoms with Crippen LogP contribution in [0.5, 0.6) is 0 Å². The number of thioether (sulfide) groups is 1. The van der Waals surface area contributed by atoms with Gasteiger partial charge in [-0.25, -0.2) is 0 Å². The van der Waals surface area contributed by atoms with Crippen molar-refractivity contribution in [1.29, 1.82) is 0 Å². The van der Waals surface area contributed by atoms with Crippen LogP contribution in [0.1, 0.15) is 18.5 Å². The molecule has 0 aliphatic heterocycles. The van der Waals surface area contributed by atoms with Gasteiger partial charge in [0.2, 0.25) is 0 Å². The molecule has 15 heavy (non-hydrogen) atoms. The zero-order valence-electron chi connectivity index (χ0n) is 8.89. The highest BCUT2D eigenvalue weighted by atomic mass is 35.5. The lowest BCUT2D eigenvalue weighted by Gasteiger charge is -2.18. The highest BCUT2D eigenvalue weighted by molar-refractivity contribution is 7.98. The van der Waals surface area contributed by atoms with Gasteiger partial charge in [0, 0.05) is 11.8 Å². The molecule has 0 aliphatic rings. The third-order valence-electron chi connectivity index (χ3n) is 2.14. The lowest BCUT2D eigenvalue weighted by atomic mass is 10.1. The monoisotopic (exact) mass is 263 g/mol. The Bertz CT molecular complexity index is 311. The fourth-order valence-electron chi connectivity index (χ4n) is 1.46. The van der Waals surface area contributed by atoms with E-state index in [9.17, 15) is 0 Å². The van der Waals surface area contributed by atoms with E-state index in [1.54, 1.807) is 11.8 Å². The Morgan fingerprint density at radius 1 is 1.40 bits per heavy atom. The quantitative estimate of drug-likeness (QED) is 0.862. The molecule has 4 heteroatoms. The second-order valence-electron chi connectivity index (χ2n) is 3.21. The summed E-state index contributed by atoms with van der Waals surface area (Å²) in [5.41, 5.74) is 1.08. The van der Waals surface area contributed by atoms with Gasteiger partial charge in [-0.1, -0.05) is 42.3 Å². The van der Waals surface area contributed by atoms with E-state index in [1.807, 2.05) is 18.2 Å².